The summed E-state index contributed by atoms with van der Waals surface area (Å²) in [6.07, 6.45) is 3.32. The minimum atomic E-state index is -0.252. The fourth-order valence-corrected chi connectivity index (χ4v) is 2.29. The average molecular weight is 260 g/mol. The molecule has 1 heterocycles. The van der Waals surface area contributed by atoms with E-state index in [0.717, 1.165) is 5.56 Å². The van der Waals surface area contributed by atoms with Crippen molar-refractivity contribution in [3.8, 4) is 0 Å². The Morgan fingerprint density at radius 3 is 2.79 bits per heavy atom. The summed E-state index contributed by atoms with van der Waals surface area (Å²) in [6, 6.07) is 10.1. The van der Waals surface area contributed by atoms with Crippen molar-refractivity contribution in [2.75, 3.05) is 6.61 Å². The zero-order chi connectivity index (χ0) is 13.7. The largest absolute Gasteiger partial charge is 0.458 e. The highest BCUT2D eigenvalue weighted by molar-refractivity contribution is 5.82. The number of ether oxygens (including phenoxy) is 2. The van der Waals surface area contributed by atoms with E-state index in [1.807, 2.05) is 36.4 Å². The van der Waals surface area contributed by atoms with Crippen LogP contribution >= 0.6 is 0 Å². The predicted molar refractivity (Wildman–Crippen MR) is 73.4 cm³/mol. The van der Waals surface area contributed by atoms with Crippen LogP contribution in [0.15, 0.2) is 42.5 Å². The highest BCUT2D eigenvalue weighted by Crippen LogP contribution is 2.22. The van der Waals surface area contributed by atoms with Crippen LogP contribution in [0.5, 0.6) is 0 Å². The molecule has 0 saturated carbocycles. The highest BCUT2D eigenvalue weighted by Gasteiger charge is 2.28. The molecule has 1 aliphatic heterocycles. The van der Waals surface area contributed by atoms with Gasteiger partial charge >= 0.3 is 5.97 Å². The Morgan fingerprint density at radius 1 is 1.32 bits per heavy atom. The van der Waals surface area contributed by atoms with Crippen LogP contribution in [-0.4, -0.2) is 18.7 Å². The van der Waals surface area contributed by atoms with Gasteiger partial charge in [-0.3, -0.25) is 0 Å². The van der Waals surface area contributed by atoms with Gasteiger partial charge in [0.05, 0.1) is 13.2 Å². The molecule has 3 atom stereocenters. The summed E-state index contributed by atoms with van der Waals surface area (Å²) in [5.41, 5.74) is 1.16. The normalized spacial score (nSPS) is 24.0. The first-order chi connectivity index (χ1) is 9.16. The molecule has 0 spiro atoms. The van der Waals surface area contributed by atoms with Gasteiger partial charge in [-0.15, -0.1) is 0 Å². The Morgan fingerprint density at radius 2 is 2.05 bits per heavy atom. The molecule has 0 amide bonds. The maximum atomic E-state index is 11.3. The molecule has 0 saturated heterocycles. The van der Waals surface area contributed by atoms with Crippen LogP contribution in [-0.2, 0) is 20.9 Å². The topological polar surface area (TPSA) is 35.5 Å². The third kappa shape index (κ3) is 3.93. The molecule has 102 valence electrons. The molecule has 0 aromatic heterocycles. The summed E-state index contributed by atoms with van der Waals surface area (Å²) in [5.74, 6) is 0.179. The Bertz CT molecular complexity index is 439. The third-order valence-corrected chi connectivity index (χ3v) is 3.36. The SMILES string of the molecule is C[C@@H]1C=CC(=O)O[C@@H]1[C@@H](C)COCc1ccccc1. The number of benzene rings is 1. The molecule has 0 fully saturated rings. The fourth-order valence-electron chi connectivity index (χ4n) is 2.29. The lowest BCUT2D eigenvalue weighted by Gasteiger charge is -2.29. The van der Waals surface area contributed by atoms with Gasteiger partial charge in [-0.2, -0.15) is 0 Å². The number of hydrogen-bond acceptors (Lipinski definition) is 3. The molecule has 0 N–H and O–H groups in total. The van der Waals surface area contributed by atoms with Crippen LogP contribution in [0.3, 0.4) is 0 Å². The monoisotopic (exact) mass is 260 g/mol. The number of cyclic esters (lactones) is 1. The summed E-state index contributed by atoms with van der Waals surface area (Å²) >= 11 is 0. The standard InChI is InChI=1S/C16H20O3/c1-12-8-9-15(17)19-16(12)13(2)10-18-11-14-6-4-3-5-7-14/h3-9,12-13,16H,10-11H2,1-2H3/t12-,13+,16+/m1/s1. The lowest BCUT2D eigenvalue weighted by Crippen LogP contribution is -2.35. The molecule has 1 aromatic rings. The molecule has 1 aliphatic rings. The molecule has 0 aliphatic carbocycles. The van der Waals surface area contributed by atoms with E-state index in [1.165, 1.54) is 6.08 Å². The summed E-state index contributed by atoms with van der Waals surface area (Å²) < 4.78 is 11.1. The Kier molecular flexibility index (Phi) is 4.74. The summed E-state index contributed by atoms with van der Waals surface area (Å²) in [7, 11) is 0. The molecule has 3 heteroatoms. The smallest absolute Gasteiger partial charge is 0.330 e. The maximum Gasteiger partial charge on any atom is 0.330 e. The molecule has 0 radical (unpaired) electrons. The summed E-state index contributed by atoms with van der Waals surface area (Å²) in [4.78, 5) is 11.3. The quantitative estimate of drug-likeness (QED) is 0.764. The van der Waals surface area contributed by atoms with Gasteiger partial charge in [0.15, 0.2) is 0 Å². The zero-order valence-corrected chi connectivity index (χ0v) is 11.4. The Balaban J connectivity index is 1.80. The van der Waals surface area contributed by atoms with Gasteiger partial charge in [0, 0.05) is 17.9 Å². The predicted octanol–water partition coefficient (Wildman–Crippen LogP) is 2.96. The van der Waals surface area contributed by atoms with Crippen LogP contribution in [0, 0.1) is 11.8 Å². The van der Waals surface area contributed by atoms with Gasteiger partial charge in [-0.05, 0) is 5.56 Å². The van der Waals surface area contributed by atoms with Gasteiger partial charge in [-0.25, -0.2) is 4.79 Å². The van der Waals surface area contributed by atoms with Crippen molar-refractivity contribution >= 4 is 5.97 Å². The van der Waals surface area contributed by atoms with Crippen LogP contribution in [0.25, 0.3) is 0 Å². The van der Waals surface area contributed by atoms with Crippen molar-refractivity contribution in [3.05, 3.63) is 48.0 Å². The van der Waals surface area contributed by atoms with Crippen molar-refractivity contribution in [1.82, 2.24) is 0 Å². The van der Waals surface area contributed by atoms with Crippen LogP contribution in [0.1, 0.15) is 19.4 Å². The van der Waals surface area contributed by atoms with Gasteiger partial charge in [0.1, 0.15) is 6.10 Å². The van der Waals surface area contributed by atoms with E-state index in [1.54, 1.807) is 0 Å². The van der Waals surface area contributed by atoms with E-state index in [2.05, 4.69) is 13.8 Å². The number of rotatable bonds is 5. The molecule has 0 bridgehead atoms. The maximum absolute atomic E-state index is 11.3. The fraction of sp³-hybridized carbons (Fsp3) is 0.438. The first kappa shape index (κ1) is 13.8. The van der Waals surface area contributed by atoms with Crippen molar-refractivity contribution < 1.29 is 14.3 Å². The van der Waals surface area contributed by atoms with E-state index in [9.17, 15) is 4.79 Å². The molecule has 3 nitrogen and oxygen atoms in total. The van der Waals surface area contributed by atoms with E-state index >= 15 is 0 Å². The van der Waals surface area contributed by atoms with Crippen LogP contribution in [0.2, 0.25) is 0 Å². The average Bonchev–Trinajstić information content (AvgIpc) is 2.42. The van der Waals surface area contributed by atoms with Crippen molar-refractivity contribution in [3.63, 3.8) is 0 Å². The number of esters is 1. The van der Waals surface area contributed by atoms with Gasteiger partial charge in [-0.1, -0.05) is 50.3 Å². The van der Waals surface area contributed by atoms with Gasteiger partial charge in [0.25, 0.3) is 0 Å². The first-order valence-corrected chi connectivity index (χ1v) is 6.67. The first-order valence-electron chi connectivity index (χ1n) is 6.67. The molecular formula is C16H20O3. The summed E-state index contributed by atoms with van der Waals surface area (Å²) in [6.45, 7) is 5.29. The lowest BCUT2D eigenvalue weighted by atomic mass is 9.92. The number of carbonyl (C=O) groups excluding carboxylic acids is 1. The van der Waals surface area contributed by atoms with Crippen LogP contribution < -0.4 is 0 Å². The van der Waals surface area contributed by atoms with E-state index in [-0.39, 0.29) is 23.9 Å². The molecule has 0 unspecified atom stereocenters. The second-order valence-electron chi connectivity index (χ2n) is 5.10. The lowest BCUT2D eigenvalue weighted by molar-refractivity contribution is -0.150. The van der Waals surface area contributed by atoms with Crippen molar-refractivity contribution in [2.45, 2.75) is 26.6 Å². The second-order valence-corrected chi connectivity index (χ2v) is 5.10. The van der Waals surface area contributed by atoms with Gasteiger partial charge in [0.2, 0.25) is 0 Å². The Labute approximate surface area is 114 Å². The zero-order valence-electron chi connectivity index (χ0n) is 11.4. The van der Waals surface area contributed by atoms with E-state index in [4.69, 9.17) is 9.47 Å². The second kappa shape index (κ2) is 6.53. The van der Waals surface area contributed by atoms with Crippen molar-refractivity contribution in [1.29, 1.82) is 0 Å². The molecule has 19 heavy (non-hydrogen) atoms. The minimum Gasteiger partial charge on any atom is -0.458 e. The highest BCUT2D eigenvalue weighted by atomic mass is 16.5. The molecule has 1 aromatic carbocycles. The van der Waals surface area contributed by atoms with E-state index < -0.39 is 0 Å². The summed E-state index contributed by atoms with van der Waals surface area (Å²) in [5, 5.41) is 0. The van der Waals surface area contributed by atoms with E-state index in [0.29, 0.717) is 13.2 Å². The molecular weight excluding hydrogens is 240 g/mol. The van der Waals surface area contributed by atoms with Gasteiger partial charge < -0.3 is 9.47 Å². The third-order valence-electron chi connectivity index (χ3n) is 3.36. The minimum absolute atomic E-state index is 0.0896. The number of carbonyl (C=O) groups is 1. The number of hydrogen-bond donors (Lipinski definition) is 0. The molecule has 2 rings (SSSR count). The van der Waals surface area contributed by atoms with Crippen molar-refractivity contribution in [2.24, 2.45) is 11.8 Å². The van der Waals surface area contributed by atoms with Crippen LogP contribution in [0.4, 0.5) is 0 Å². The Hall–Kier alpha value is -1.61.